The van der Waals surface area contributed by atoms with Gasteiger partial charge >= 0.3 is 0 Å². The van der Waals surface area contributed by atoms with E-state index in [1.807, 2.05) is 24.3 Å². The molecule has 0 amide bonds. The molecule has 0 aliphatic carbocycles. The summed E-state index contributed by atoms with van der Waals surface area (Å²) in [5, 5.41) is 10.2. The first-order chi connectivity index (χ1) is 8.80. The first-order valence-electron chi connectivity index (χ1n) is 7.11. The Bertz CT molecular complexity index is 379. The van der Waals surface area contributed by atoms with Gasteiger partial charge in [0.05, 0.1) is 13.2 Å². The lowest BCUT2D eigenvalue weighted by Crippen LogP contribution is -2.18. The van der Waals surface area contributed by atoms with Gasteiger partial charge in [-0.05, 0) is 48.3 Å². The normalized spacial score (nSPS) is 15.1. The average Bonchev–Trinajstić information content (AvgIpc) is 2.26. The maximum Gasteiger partial charge on any atom is 0.119 e. The summed E-state index contributed by atoms with van der Waals surface area (Å²) in [4.78, 5) is 0. The maximum absolute atomic E-state index is 10.2. The maximum atomic E-state index is 10.2. The molecule has 1 N–H and O–H groups in total. The van der Waals surface area contributed by atoms with Gasteiger partial charge in [-0.15, -0.1) is 0 Å². The molecule has 1 aromatic carbocycles. The Balaban J connectivity index is 2.48. The molecular formula is C17H28O2. The number of ether oxygens (including phenoxy) is 1. The van der Waals surface area contributed by atoms with Gasteiger partial charge in [-0.3, -0.25) is 0 Å². The lowest BCUT2D eigenvalue weighted by atomic mass is 9.83. The molecule has 0 saturated heterocycles. The molecule has 1 aromatic rings. The lowest BCUT2D eigenvalue weighted by Gasteiger charge is -2.25. The fraction of sp³-hybridized carbons (Fsp3) is 0.647. The predicted octanol–water partition coefficient (Wildman–Crippen LogP) is 4.06. The van der Waals surface area contributed by atoms with Gasteiger partial charge in [-0.2, -0.15) is 0 Å². The second-order valence-electron chi connectivity index (χ2n) is 6.82. The van der Waals surface area contributed by atoms with Crippen LogP contribution >= 0.6 is 0 Å². The van der Waals surface area contributed by atoms with Crippen LogP contribution in [0.4, 0.5) is 0 Å². The molecule has 2 atom stereocenters. The molecule has 2 nitrogen and oxygen atoms in total. The quantitative estimate of drug-likeness (QED) is 0.839. The van der Waals surface area contributed by atoms with E-state index in [2.05, 4.69) is 27.7 Å². The van der Waals surface area contributed by atoms with Crippen molar-refractivity contribution < 1.29 is 9.84 Å². The molecule has 1 rings (SSSR count). The third-order valence-corrected chi connectivity index (χ3v) is 3.24. The van der Waals surface area contributed by atoms with Crippen LogP contribution in [0.1, 0.15) is 46.1 Å². The first-order valence-corrected chi connectivity index (χ1v) is 7.11. The fourth-order valence-electron chi connectivity index (χ4n) is 2.75. The molecule has 0 aliphatic heterocycles. The molecule has 0 aliphatic rings. The van der Waals surface area contributed by atoms with E-state index in [-0.39, 0.29) is 6.10 Å². The Morgan fingerprint density at radius 1 is 1.26 bits per heavy atom. The van der Waals surface area contributed by atoms with Crippen molar-refractivity contribution in [3.05, 3.63) is 29.8 Å². The topological polar surface area (TPSA) is 29.5 Å². The minimum absolute atomic E-state index is 0.274. The van der Waals surface area contributed by atoms with Crippen LogP contribution in [0.25, 0.3) is 0 Å². The summed E-state index contributed by atoms with van der Waals surface area (Å²) >= 11 is 0. The highest BCUT2D eigenvalue weighted by Crippen LogP contribution is 2.27. The van der Waals surface area contributed by atoms with E-state index < -0.39 is 0 Å². The number of methoxy groups -OCH3 is 1. The zero-order valence-corrected chi connectivity index (χ0v) is 12.9. The van der Waals surface area contributed by atoms with E-state index >= 15 is 0 Å². The van der Waals surface area contributed by atoms with Gasteiger partial charge in [0.2, 0.25) is 0 Å². The van der Waals surface area contributed by atoms with E-state index in [9.17, 15) is 5.11 Å². The summed E-state index contributed by atoms with van der Waals surface area (Å²) in [5.74, 6) is 1.40. The van der Waals surface area contributed by atoms with Crippen LogP contribution in [-0.2, 0) is 6.42 Å². The molecule has 19 heavy (non-hydrogen) atoms. The molecule has 0 saturated carbocycles. The van der Waals surface area contributed by atoms with E-state index in [0.717, 1.165) is 24.2 Å². The lowest BCUT2D eigenvalue weighted by molar-refractivity contribution is 0.133. The monoisotopic (exact) mass is 264 g/mol. The summed E-state index contributed by atoms with van der Waals surface area (Å²) in [6.07, 6.45) is 2.42. The summed E-state index contributed by atoms with van der Waals surface area (Å²) in [6.45, 7) is 8.97. The molecule has 0 radical (unpaired) electrons. The summed E-state index contributed by atoms with van der Waals surface area (Å²) in [5.41, 5.74) is 1.46. The van der Waals surface area contributed by atoms with Gasteiger partial charge in [0.1, 0.15) is 5.75 Å². The largest absolute Gasteiger partial charge is 0.497 e. The van der Waals surface area contributed by atoms with Crippen molar-refractivity contribution in [3.63, 3.8) is 0 Å². The molecule has 0 bridgehead atoms. The second-order valence-corrected chi connectivity index (χ2v) is 6.82. The number of benzene rings is 1. The number of rotatable bonds is 6. The average molecular weight is 264 g/mol. The molecule has 0 aromatic heterocycles. The standard InChI is InChI=1S/C17H28O2/c1-13(12-17(2,3)4)9-15(18)10-14-7-6-8-16(11-14)19-5/h6-8,11,13,15,18H,9-10,12H2,1-5H3. The summed E-state index contributed by atoms with van der Waals surface area (Å²) in [7, 11) is 1.67. The van der Waals surface area contributed by atoms with Crippen molar-refractivity contribution >= 4 is 0 Å². The number of hydrogen-bond donors (Lipinski definition) is 1. The van der Waals surface area contributed by atoms with Crippen molar-refractivity contribution in [1.29, 1.82) is 0 Å². The van der Waals surface area contributed by atoms with Gasteiger partial charge in [-0.1, -0.05) is 39.8 Å². The fourth-order valence-corrected chi connectivity index (χ4v) is 2.75. The highest BCUT2D eigenvalue weighted by atomic mass is 16.5. The SMILES string of the molecule is COc1cccc(CC(O)CC(C)CC(C)(C)C)c1. The molecule has 0 fully saturated rings. The van der Waals surface area contributed by atoms with Crippen LogP contribution in [0, 0.1) is 11.3 Å². The van der Waals surface area contributed by atoms with Crippen LogP contribution in [0.15, 0.2) is 24.3 Å². The van der Waals surface area contributed by atoms with E-state index in [1.54, 1.807) is 7.11 Å². The second kappa shape index (κ2) is 6.95. The van der Waals surface area contributed by atoms with E-state index in [1.165, 1.54) is 0 Å². The van der Waals surface area contributed by atoms with Crippen LogP contribution in [0.2, 0.25) is 0 Å². The highest BCUT2D eigenvalue weighted by Gasteiger charge is 2.18. The van der Waals surface area contributed by atoms with Crippen molar-refractivity contribution in [2.24, 2.45) is 11.3 Å². The number of hydrogen-bond acceptors (Lipinski definition) is 2. The molecular weight excluding hydrogens is 236 g/mol. The summed E-state index contributed by atoms with van der Waals surface area (Å²) in [6, 6.07) is 7.94. The molecule has 0 heterocycles. The Morgan fingerprint density at radius 2 is 1.95 bits per heavy atom. The van der Waals surface area contributed by atoms with Crippen LogP contribution in [-0.4, -0.2) is 18.3 Å². The number of aliphatic hydroxyl groups excluding tert-OH is 1. The van der Waals surface area contributed by atoms with Crippen molar-refractivity contribution in [1.82, 2.24) is 0 Å². The van der Waals surface area contributed by atoms with Gasteiger partial charge in [0.25, 0.3) is 0 Å². The third-order valence-electron chi connectivity index (χ3n) is 3.24. The van der Waals surface area contributed by atoms with E-state index in [0.29, 0.717) is 17.8 Å². The van der Waals surface area contributed by atoms with Crippen molar-refractivity contribution in [3.8, 4) is 5.75 Å². The Kier molecular flexibility index (Phi) is 5.86. The predicted molar refractivity (Wildman–Crippen MR) is 80.6 cm³/mol. The Labute approximate surface area is 117 Å². The van der Waals surface area contributed by atoms with Gasteiger partial charge < -0.3 is 9.84 Å². The van der Waals surface area contributed by atoms with Gasteiger partial charge in [-0.25, -0.2) is 0 Å². The smallest absolute Gasteiger partial charge is 0.119 e. The number of aliphatic hydroxyl groups is 1. The van der Waals surface area contributed by atoms with Crippen molar-refractivity contribution in [2.45, 2.75) is 53.1 Å². The minimum Gasteiger partial charge on any atom is -0.497 e. The molecule has 2 unspecified atom stereocenters. The molecule has 108 valence electrons. The Hall–Kier alpha value is -1.02. The van der Waals surface area contributed by atoms with Crippen LogP contribution < -0.4 is 4.74 Å². The van der Waals surface area contributed by atoms with Gasteiger partial charge in [0.15, 0.2) is 0 Å². The molecule has 0 spiro atoms. The minimum atomic E-state index is -0.274. The molecule has 2 heteroatoms. The van der Waals surface area contributed by atoms with Crippen LogP contribution in [0.5, 0.6) is 5.75 Å². The zero-order valence-electron chi connectivity index (χ0n) is 12.9. The third kappa shape index (κ3) is 6.63. The van der Waals surface area contributed by atoms with Gasteiger partial charge in [0, 0.05) is 0 Å². The summed E-state index contributed by atoms with van der Waals surface area (Å²) < 4.78 is 5.20. The van der Waals surface area contributed by atoms with E-state index in [4.69, 9.17) is 4.74 Å². The highest BCUT2D eigenvalue weighted by molar-refractivity contribution is 5.28. The Morgan fingerprint density at radius 3 is 2.53 bits per heavy atom. The first kappa shape index (κ1) is 16.0. The van der Waals surface area contributed by atoms with Crippen molar-refractivity contribution in [2.75, 3.05) is 7.11 Å². The zero-order chi connectivity index (χ0) is 14.5. The van der Waals surface area contributed by atoms with Crippen LogP contribution in [0.3, 0.4) is 0 Å².